The molecule has 3 aromatic carbocycles. The summed E-state index contributed by atoms with van der Waals surface area (Å²) < 4.78 is 24.9. The Kier molecular flexibility index (Phi) is 7.95. The lowest BCUT2D eigenvalue weighted by Crippen LogP contribution is -2.04. The summed E-state index contributed by atoms with van der Waals surface area (Å²) in [5.41, 5.74) is 2.41. The van der Waals surface area contributed by atoms with Crippen LogP contribution in [0.25, 0.3) is 0 Å². The molecule has 8 heteroatoms. The maximum Gasteiger partial charge on any atom is 0.180 e. The van der Waals surface area contributed by atoms with Crippen molar-refractivity contribution in [1.82, 2.24) is 0 Å². The van der Waals surface area contributed by atoms with Gasteiger partial charge in [-0.3, -0.25) is 0 Å². The molecule has 0 aliphatic heterocycles. The number of nitrogens with one attached hydrogen (secondary N) is 1. The van der Waals surface area contributed by atoms with E-state index in [0.717, 1.165) is 11.1 Å². The van der Waals surface area contributed by atoms with Gasteiger partial charge >= 0.3 is 0 Å². The zero-order valence-electron chi connectivity index (χ0n) is 15.9. The molecule has 0 amide bonds. The van der Waals surface area contributed by atoms with Crippen molar-refractivity contribution in [2.24, 2.45) is 0 Å². The molecule has 3 aromatic rings. The third kappa shape index (κ3) is 5.86. The Morgan fingerprint density at radius 2 is 1.57 bits per heavy atom. The lowest BCUT2D eigenvalue weighted by molar-refractivity contribution is 0.269. The molecule has 0 heterocycles. The molecule has 0 aromatic heterocycles. The summed E-state index contributed by atoms with van der Waals surface area (Å²) in [6.07, 6.45) is 0. The first-order valence-electron chi connectivity index (χ1n) is 9.08. The predicted octanol–water partition coefficient (Wildman–Crippen LogP) is 8.03. The minimum Gasteiger partial charge on any atom is -0.490 e. The maximum absolute atomic E-state index is 13.3. The van der Waals surface area contributed by atoms with Gasteiger partial charge in [0.2, 0.25) is 0 Å². The van der Waals surface area contributed by atoms with Crippen molar-refractivity contribution in [3.63, 3.8) is 0 Å². The molecule has 30 heavy (non-hydrogen) atoms. The topological polar surface area (TPSA) is 30.5 Å². The highest BCUT2D eigenvalue weighted by Gasteiger charge is 2.14. The highest BCUT2D eigenvalue weighted by Crippen LogP contribution is 2.38. The van der Waals surface area contributed by atoms with Gasteiger partial charge in [-0.1, -0.05) is 52.5 Å². The maximum atomic E-state index is 13.3. The van der Waals surface area contributed by atoms with Gasteiger partial charge in [0, 0.05) is 12.2 Å². The Morgan fingerprint density at radius 1 is 0.800 bits per heavy atom. The lowest BCUT2D eigenvalue weighted by atomic mass is 10.2. The first-order chi connectivity index (χ1) is 14.4. The number of hydrogen-bond donors (Lipinski definition) is 1. The largest absolute Gasteiger partial charge is 0.490 e. The molecule has 0 atom stereocenters. The Morgan fingerprint density at radius 3 is 2.27 bits per heavy atom. The number of halogens is 5. The quantitative estimate of drug-likeness (QED) is 0.348. The van der Waals surface area contributed by atoms with Crippen molar-refractivity contribution >= 4 is 52.1 Å². The summed E-state index contributed by atoms with van der Waals surface area (Å²) in [4.78, 5) is 0. The van der Waals surface area contributed by atoms with Crippen LogP contribution in [0.3, 0.4) is 0 Å². The van der Waals surface area contributed by atoms with E-state index in [0.29, 0.717) is 45.4 Å². The highest BCUT2D eigenvalue weighted by atomic mass is 35.5. The number of hydrogen-bond acceptors (Lipinski definition) is 3. The summed E-state index contributed by atoms with van der Waals surface area (Å²) in [5, 5.41) is 4.58. The van der Waals surface area contributed by atoms with E-state index in [1.807, 2.05) is 19.1 Å². The van der Waals surface area contributed by atoms with Gasteiger partial charge in [-0.05, 0) is 60.5 Å². The standard InChI is InChI=1S/C22H18Cl4FNO2/c1-2-29-21-9-14(11-28-15-4-6-20(27)18(25)10-15)8-19(26)22(21)30-12-13-3-5-16(23)17(24)7-13/h3-10,28H,2,11-12H2,1H3. The van der Waals surface area contributed by atoms with Crippen molar-refractivity contribution in [3.8, 4) is 11.5 Å². The van der Waals surface area contributed by atoms with Crippen LogP contribution in [0.15, 0.2) is 48.5 Å². The van der Waals surface area contributed by atoms with Gasteiger partial charge in [0.25, 0.3) is 0 Å². The van der Waals surface area contributed by atoms with Gasteiger partial charge in [-0.25, -0.2) is 4.39 Å². The Bertz CT molecular complexity index is 1050. The minimum absolute atomic E-state index is 0.0547. The Balaban J connectivity index is 1.75. The second-order valence-electron chi connectivity index (χ2n) is 6.36. The van der Waals surface area contributed by atoms with Crippen molar-refractivity contribution in [1.29, 1.82) is 0 Å². The second-order valence-corrected chi connectivity index (χ2v) is 7.99. The molecular weight excluding hydrogens is 471 g/mol. The van der Waals surface area contributed by atoms with E-state index < -0.39 is 5.82 Å². The van der Waals surface area contributed by atoms with E-state index in [-0.39, 0.29) is 11.6 Å². The summed E-state index contributed by atoms with van der Waals surface area (Å²) >= 11 is 24.3. The normalized spacial score (nSPS) is 10.7. The average molecular weight is 489 g/mol. The number of anilines is 1. The Hall–Kier alpha value is -1.85. The molecule has 0 aliphatic carbocycles. The number of ether oxygens (including phenoxy) is 2. The van der Waals surface area contributed by atoms with E-state index in [1.165, 1.54) is 12.1 Å². The van der Waals surface area contributed by atoms with Crippen LogP contribution in [0.1, 0.15) is 18.1 Å². The number of benzene rings is 3. The molecule has 0 aliphatic rings. The zero-order chi connectivity index (χ0) is 21.7. The molecule has 3 rings (SSSR count). The molecular formula is C22H18Cl4FNO2. The van der Waals surface area contributed by atoms with Gasteiger partial charge in [0.15, 0.2) is 11.5 Å². The number of rotatable bonds is 8. The third-order valence-corrected chi connectivity index (χ3v) is 5.46. The van der Waals surface area contributed by atoms with Crippen LogP contribution in [0.5, 0.6) is 11.5 Å². The van der Waals surface area contributed by atoms with Gasteiger partial charge in [-0.15, -0.1) is 0 Å². The molecule has 158 valence electrons. The first kappa shape index (κ1) is 22.8. The van der Waals surface area contributed by atoms with Crippen LogP contribution in [0.4, 0.5) is 10.1 Å². The summed E-state index contributed by atoms with van der Waals surface area (Å²) in [5.74, 6) is 0.504. The molecule has 0 unspecified atom stereocenters. The lowest BCUT2D eigenvalue weighted by Gasteiger charge is -2.16. The SMILES string of the molecule is CCOc1cc(CNc2ccc(F)c(Cl)c2)cc(Cl)c1OCc1ccc(Cl)c(Cl)c1. The fourth-order valence-electron chi connectivity index (χ4n) is 2.72. The van der Waals surface area contributed by atoms with E-state index in [9.17, 15) is 4.39 Å². The van der Waals surface area contributed by atoms with Crippen molar-refractivity contribution in [2.45, 2.75) is 20.1 Å². The zero-order valence-corrected chi connectivity index (χ0v) is 19.0. The van der Waals surface area contributed by atoms with Gasteiger partial charge in [0.1, 0.15) is 12.4 Å². The van der Waals surface area contributed by atoms with Gasteiger partial charge in [-0.2, -0.15) is 0 Å². The van der Waals surface area contributed by atoms with E-state index in [4.69, 9.17) is 55.9 Å². The summed E-state index contributed by atoms with van der Waals surface area (Å²) in [7, 11) is 0. The van der Waals surface area contributed by atoms with Crippen LogP contribution in [-0.2, 0) is 13.2 Å². The average Bonchev–Trinajstić information content (AvgIpc) is 2.71. The second kappa shape index (κ2) is 10.5. The van der Waals surface area contributed by atoms with Crippen LogP contribution in [0.2, 0.25) is 20.1 Å². The third-order valence-electron chi connectivity index (χ3n) is 4.15. The molecule has 0 spiro atoms. The molecule has 1 N–H and O–H groups in total. The fraction of sp³-hybridized carbons (Fsp3) is 0.182. The fourth-order valence-corrected chi connectivity index (χ4v) is 3.51. The molecule has 0 saturated heterocycles. The van der Waals surface area contributed by atoms with E-state index in [1.54, 1.807) is 24.3 Å². The molecule has 0 fully saturated rings. The van der Waals surface area contributed by atoms with Crippen molar-refractivity contribution in [3.05, 3.63) is 85.6 Å². The predicted molar refractivity (Wildman–Crippen MR) is 122 cm³/mol. The van der Waals surface area contributed by atoms with Crippen LogP contribution >= 0.6 is 46.4 Å². The van der Waals surface area contributed by atoms with Gasteiger partial charge in [0.05, 0.1) is 26.7 Å². The molecule has 0 bridgehead atoms. The summed E-state index contributed by atoms with van der Waals surface area (Å²) in [6, 6.07) is 13.4. The smallest absolute Gasteiger partial charge is 0.180 e. The highest BCUT2D eigenvalue weighted by molar-refractivity contribution is 6.42. The first-order valence-corrected chi connectivity index (χ1v) is 10.6. The van der Waals surface area contributed by atoms with Crippen LogP contribution < -0.4 is 14.8 Å². The van der Waals surface area contributed by atoms with Gasteiger partial charge < -0.3 is 14.8 Å². The molecule has 0 radical (unpaired) electrons. The monoisotopic (exact) mass is 487 g/mol. The van der Waals surface area contributed by atoms with Crippen LogP contribution in [-0.4, -0.2) is 6.61 Å². The molecule has 0 saturated carbocycles. The van der Waals surface area contributed by atoms with Crippen molar-refractivity contribution < 1.29 is 13.9 Å². The van der Waals surface area contributed by atoms with Crippen LogP contribution in [0, 0.1) is 5.82 Å². The Labute approximate surface area is 194 Å². The van der Waals surface area contributed by atoms with Crippen molar-refractivity contribution in [2.75, 3.05) is 11.9 Å². The minimum atomic E-state index is -0.465. The van der Waals surface area contributed by atoms with E-state index in [2.05, 4.69) is 5.32 Å². The molecule has 3 nitrogen and oxygen atoms in total. The summed E-state index contributed by atoms with van der Waals surface area (Å²) in [6.45, 7) is 3.02. The van der Waals surface area contributed by atoms with E-state index >= 15 is 0 Å².